The molecule has 1 aromatic heterocycles. The summed E-state index contributed by atoms with van der Waals surface area (Å²) in [6.45, 7) is 0.692. The molecular formula is C11H15BrN2O2S. The third-order valence-electron chi connectivity index (χ3n) is 2.92. The van der Waals surface area contributed by atoms with Gasteiger partial charge in [-0.2, -0.15) is 0 Å². The van der Waals surface area contributed by atoms with Crippen molar-refractivity contribution in [2.75, 3.05) is 11.5 Å². The normalized spacial score (nSPS) is 20.3. The molecule has 6 heteroatoms. The lowest BCUT2D eigenvalue weighted by Gasteiger charge is -2.22. The third kappa shape index (κ3) is 4.04. The van der Waals surface area contributed by atoms with Gasteiger partial charge in [-0.05, 0) is 40.9 Å². The summed E-state index contributed by atoms with van der Waals surface area (Å²) < 4.78 is 23.5. The van der Waals surface area contributed by atoms with Crippen LogP contribution in [0.5, 0.6) is 0 Å². The number of nitrogens with zero attached hydrogens (tertiary/aromatic N) is 1. The molecule has 1 fully saturated rings. The molecule has 0 unspecified atom stereocenters. The first-order chi connectivity index (χ1) is 8.05. The standard InChI is InChI=1S/C11H15BrN2O2S/c12-9-1-2-11(13-7-9)8-14-10-3-5-17(15,16)6-4-10/h1-2,7,10,14H,3-6,8H2. The molecular weight excluding hydrogens is 304 g/mol. The van der Waals surface area contributed by atoms with Crippen LogP contribution in [0.1, 0.15) is 18.5 Å². The summed E-state index contributed by atoms with van der Waals surface area (Å²) in [5.74, 6) is 0.608. The van der Waals surface area contributed by atoms with E-state index in [2.05, 4.69) is 26.2 Å². The molecule has 0 spiro atoms. The molecule has 2 rings (SSSR count). The number of hydrogen-bond acceptors (Lipinski definition) is 4. The Kier molecular flexibility index (Phi) is 4.17. The van der Waals surface area contributed by atoms with Crippen LogP contribution in [0.15, 0.2) is 22.8 Å². The van der Waals surface area contributed by atoms with Gasteiger partial charge in [-0.3, -0.25) is 4.98 Å². The zero-order chi connectivity index (χ0) is 12.3. The molecule has 2 heterocycles. The van der Waals surface area contributed by atoms with Gasteiger partial charge in [-0.1, -0.05) is 0 Å². The van der Waals surface area contributed by atoms with Crippen LogP contribution in [0.3, 0.4) is 0 Å². The fourth-order valence-corrected chi connectivity index (χ4v) is 3.58. The summed E-state index contributed by atoms with van der Waals surface area (Å²) in [5, 5.41) is 3.35. The Morgan fingerprint density at radius 2 is 2.06 bits per heavy atom. The fraction of sp³-hybridized carbons (Fsp3) is 0.545. The van der Waals surface area contributed by atoms with Crippen LogP contribution < -0.4 is 5.32 Å². The van der Waals surface area contributed by atoms with Crippen molar-refractivity contribution in [3.8, 4) is 0 Å². The minimum Gasteiger partial charge on any atom is -0.308 e. The summed E-state index contributed by atoms with van der Waals surface area (Å²) in [7, 11) is -2.77. The van der Waals surface area contributed by atoms with E-state index in [1.54, 1.807) is 6.20 Å². The van der Waals surface area contributed by atoms with E-state index in [4.69, 9.17) is 0 Å². The van der Waals surface area contributed by atoms with Gasteiger partial charge in [0.1, 0.15) is 9.84 Å². The maximum absolute atomic E-state index is 11.3. The number of halogens is 1. The summed E-state index contributed by atoms with van der Waals surface area (Å²) in [6.07, 6.45) is 3.18. The number of aromatic nitrogens is 1. The van der Waals surface area contributed by atoms with Crippen LogP contribution in [0.2, 0.25) is 0 Å². The van der Waals surface area contributed by atoms with E-state index in [9.17, 15) is 8.42 Å². The van der Waals surface area contributed by atoms with E-state index in [-0.39, 0.29) is 0 Å². The Labute approximate surface area is 110 Å². The summed E-state index contributed by atoms with van der Waals surface area (Å²) in [5.41, 5.74) is 0.974. The Hall–Kier alpha value is -0.460. The second-order valence-corrected chi connectivity index (χ2v) is 7.49. The summed E-state index contributed by atoms with van der Waals surface area (Å²) in [6, 6.07) is 4.20. The van der Waals surface area contributed by atoms with Crippen LogP contribution in [0, 0.1) is 0 Å². The maximum Gasteiger partial charge on any atom is 0.150 e. The van der Waals surface area contributed by atoms with Gasteiger partial charge in [0.2, 0.25) is 0 Å². The smallest absolute Gasteiger partial charge is 0.150 e. The van der Waals surface area contributed by atoms with E-state index in [0.29, 0.717) is 36.9 Å². The highest BCUT2D eigenvalue weighted by Gasteiger charge is 2.22. The van der Waals surface area contributed by atoms with Crippen LogP contribution in [-0.4, -0.2) is 30.9 Å². The Balaban J connectivity index is 1.81. The number of hydrogen-bond donors (Lipinski definition) is 1. The minimum atomic E-state index is -2.77. The van der Waals surface area contributed by atoms with Gasteiger partial charge in [-0.25, -0.2) is 8.42 Å². The average molecular weight is 319 g/mol. The van der Waals surface area contributed by atoms with Gasteiger partial charge in [-0.15, -0.1) is 0 Å². The van der Waals surface area contributed by atoms with Crippen LogP contribution in [0.4, 0.5) is 0 Å². The van der Waals surface area contributed by atoms with Crippen LogP contribution >= 0.6 is 15.9 Å². The zero-order valence-electron chi connectivity index (χ0n) is 9.39. The van der Waals surface area contributed by atoms with Gasteiger partial charge < -0.3 is 5.32 Å². The number of nitrogens with one attached hydrogen (secondary N) is 1. The molecule has 0 radical (unpaired) electrons. The van der Waals surface area contributed by atoms with Gasteiger partial charge in [0.05, 0.1) is 17.2 Å². The van der Waals surface area contributed by atoms with Crippen LogP contribution in [-0.2, 0) is 16.4 Å². The van der Waals surface area contributed by atoms with Crippen molar-refractivity contribution in [1.82, 2.24) is 10.3 Å². The molecule has 17 heavy (non-hydrogen) atoms. The summed E-state index contributed by atoms with van der Waals surface area (Å²) in [4.78, 5) is 4.26. The lowest BCUT2D eigenvalue weighted by atomic mass is 10.1. The molecule has 0 aromatic carbocycles. The Bertz CT molecular complexity index is 459. The predicted molar refractivity (Wildman–Crippen MR) is 70.5 cm³/mol. The van der Waals surface area contributed by atoms with Crippen molar-refractivity contribution in [3.05, 3.63) is 28.5 Å². The highest BCUT2D eigenvalue weighted by atomic mass is 79.9. The van der Waals surface area contributed by atoms with Crippen molar-refractivity contribution in [2.24, 2.45) is 0 Å². The lowest BCUT2D eigenvalue weighted by Crippen LogP contribution is -2.37. The second kappa shape index (κ2) is 5.46. The van der Waals surface area contributed by atoms with Crippen molar-refractivity contribution >= 4 is 25.8 Å². The summed E-state index contributed by atoms with van der Waals surface area (Å²) >= 11 is 3.34. The third-order valence-corrected chi connectivity index (χ3v) is 5.10. The Morgan fingerprint density at radius 3 is 2.65 bits per heavy atom. The molecule has 0 amide bonds. The first-order valence-corrected chi connectivity index (χ1v) is 8.21. The molecule has 0 bridgehead atoms. The molecule has 4 nitrogen and oxygen atoms in total. The monoisotopic (exact) mass is 318 g/mol. The SMILES string of the molecule is O=S1(=O)CCC(NCc2ccc(Br)cn2)CC1. The molecule has 1 N–H and O–H groups in total. The minimum absolute atomic E-state index is 0.295. The van der Waals surface area contributed by atoms with E-state index in [1.807, 2.05) is 12.1 Å². The van der Waals surface area contributed by atoms with Crippen molar-refractivity contribution in [2.45, 2.75) is 25.4 Å². The average Bonchev–Trinajstić information content (AvgIpc) is 2.30. The molecule has 1 aliphatic heterocycles. The first-order valence-electron chi connectivity index (χ1n) is 5.59. The maximum atomic E-state index is 11.3. The Morgan fingerprint density at radius 1 is 1.35 bits per heavy atom. The lowest BCUT2D eigenvalue weighted by molar-refractivity contribution is 0.460. The quantitative estimate of drug-likeness (QED) is 0.917. The molecule has 0 aliphatic carbocycles. The van der Waals surface area contributed by atoms with E-state index >= 15 is 0 Å². The van der Waals surface area contributed by atoms with E-state index in [1.165, 1.54) is 0 Å². The largest absolute Gasteiger partial charge is 0.308 e. The van der Waals surface area contributed by atoms with Gasteiger partial charge in [0.25, 0.3) is 0 Å². The highest BCUT2D eigenvalue weighted by molar-refractivity contribution is 9.10. The number of pyridine rings is 1. The van der Waals surface area contributed by atoms with Gasteiger partial charge in [0.15, 0.2) is 0 Å². The molecule has 94 valence electrons. The zero-order valence-corrected chi connectivity index (χ0v) is 11.8. The number of sulfone groups is 1. The predicted octanol–water partition coefficient (Wildman–Crippen LogP) is 1.51. The van der Waals surface area contributed by atoms with Gasteiger partial charge >= 0.3 is 0 Å². The molecule has 0 saturated carbocycles. The highest BCUT2D eigenvalue weighted by Crippen LogP contribution is 2.13. The topological polar surface area (TPSA) is 59.1 Å². The fourth-order valence-electron chi connectivity index (χ4n) is 1.85. The molecule has 1 aliphatic rings. The first kappa shape index (κ1) is 13.0. The van der Waals surface area contributed by atoms with Crippen LogP contribution in [0.25, 0.3) is 0 Å². The van der Waals surface area contributed by atoms with Crippen molar-refractivity contribution in [3.63, 3.8) is 0 Å². The second-order valence-electron chi connectivity index (χ2n) is 4.27. The van der Waals surface area contributed by atoms with E-state index < -0.39 is 9.84 Å². The molecule has 1 aromatic rings. The van der Waals surface area contributed by atoms with Crippen molar-refractivity contribution in [1.29, 1.82) is 0 Å². The van der Waals surface area contributed by atoms with Gasteiger partial charge in [0, 0.05) is 23.3 Å². The number of rotatable bonds is 3. The van der Waals surface area contributed by atoms with E-state index in [0.717, 1.165) is 10.2 Å². The molecule has 1 saturated heterocycles. The van der Waals surface area contributed by atoms with Crippen molar-refractivity contribution < 1.29 is 8.42 Å². The molecule has 0 atom stereocenters.